The summed E-state index contributed by atoms with van der Waals surface area (Å²) in [7, 11) is 0. The van der Waals surface area contributed by atoms with Crippen LogP contribution in [0.2, 0.25) is 0 Å². The summed E-state index contributed by atoms with van der Waals surface area (Å²) >= 11 is 0. The van der Waals surface area contributed by atoms with Gasteiger partial charge < -0.3 is 15.3 Å². The standard InChI is InChI=1S/C17H22F2N2O3/c1-10(2)17(24)21-8-4-7-13(21)16(23)20-9-14(22)15-11(18)5-3-6-12(15)19/h3,5-6,10,13-14,22H,4,7-9H2,1-2H3,(H,20,23). The van der Waals surface area contributed by atoms with Crippen molar-refractivity contribution in [3.8, 4) is 0 Å². The second-order valence-electron chi connectivity index (χ2n) is 6.24. The number of likely N-dealkylation sites (tertiary alicyclic amines) is 1. The Bertz CT molecular complexity index is 602. The van der Waals surface area contributed by atoms with E-state index >= 15 is 0 Å². The number of carbonyl (C=O) groups excluding carboxylic acids is 2. The van der Waals surface area contributed by atoms with Crippen molar-refractivity contribution in [1.82, 2.24) is 10.2 Å². The summed E-state index contributed by atoms with van der Waals surface area (Å²) in [5.74, 6) is -2.47. The molecule has 0 aromatic heterocycles. The number of halogens is 2. The summed E-state index contributed by atoms with van der Waals surface area (Å²) in [6.07, 6.45) is -0.235. The minimum Gasteiger partial charge on any atom is -0.386 e. The van der Waals surface area contributed by atoms with Gasteiger partial charge >= 0.3 is 0 Å². The zero-order valence-corrected chi connectivity index (χ0v) is 13.8. The van der Waals surface area contributed by atoms with Crippen LogP contribution in [0.15, 0.2) is 18.2 Å². The van der Waals surface area contributed by atoms with Crippen LogP contribution in [0.5, 0.6) is 0 Å². The summed E-state index contributed by atoms with van der Waals surface area (Å²) in [6, 6.07) is 2.69. The first-order valence-electron chi connectivity index (χ1n) is 8.03. The van der Waals surface area contributed by atoms with Gasteiger partial charge in [0.05, 0.1) is 5.56 Å². The van der Waals surface area contributed by atoms with Crippen molar-refractivity contribution in [2.45, 2.75) is 38.8 Å². The van der Waals surface area contributed by atoms with Gasteiger partial charge in [0.15, 0.2) is 0 Å². The fourth-order valence-electron chi connectivity index (χ4n) is 2.88. The quantitative estimate of drug-likeness (QED) is 0.858. The molecule has 2 unspecified atom stereocenters. The number of benzene rings is 1. The summed E-state index contributed by atoms with van der Waals surface area (Å²) in [6.45, 7) is 3.72. The van der Waals surface area contributed by atoms with Crippen molar-refractivity contribution in [2.75, 3.05) is 13.1 Å². The van der Waals surface area contributed by atoms with E-state index in [0.29, 0.717) is 13.0 Å². The molecular formula is C17H22F2N2O3. The molecule has 0 radical (unpaired) electrons. The van der Waals surface area contributed by atoms with E-state index < -0.39 is 35.3 Å². The van der Waals surface area contributed by atoms with Gasteiger partial charge in [-0.05, 0) is 25.0 Å². The molecule has 2 amide bonds. The largest absolute Gasteiger partial charge is 0.386 e. The molecule has 0 bridgehead atoms. The smallest absolute Gasteiger partial charge is 0.242 e. The lowest BCUT2D eigenvalue weighted by Crippen LogP contribution is -2.48. The first kappa shape index (κ1) is 18.3. The lowest BCUT2D eigenvalue weighted by molar-refractivity contribution is -0.140. The number of hydrogen-bond acceptors (Lipinski definition) is 3. The lowest BCUT2D eigenvalue weighted by Gasteiger charge is -2.26. The average Bonchev–Trinajstić information content (AvgIpc) is 3.01. The van der Waals surface area contributed by atoms with E-state index in [4.69, 9.17) is 0 Å². The van der Waals surface area contributed by atoms with Crippen molar-refractivity contribution in [1.29, 1.82) is 0 Å². The van der Waals surface area contributed by atoms with Crippen LogP contribution in [0.4, 0.5) is 8.78 Å². The summed E-state index contributed by atoms with van der Waals surface area (Å²) < 4.78 is 27.2. The van der Waals surface area contributed by atoms with Crippen LogP contribution in [0.1, 0.15) is 38.4 Å². The van der Waals surface area contributed by atoms with Crippen LogP contribution in [0.25, 0.3) is 0 Å². The number of aliphatic hydroxyl groups excluding tert-OH is 1. The number of aliphatic hydroxyl groups is 1. The van der Waals surface area contributed by atoms with Crippen LogP contribution >= 0.6 is 0 Å². The summed E-state index contributed by atoms with van der Waals surface area (Å²) in [4.78, 5) is 25.9. The monoisotopic (exact) mass is 340 g/mol. The first-order valence-corrected chi connectivity index (χ1v) is 8.03. The van der Waals surface area contributed by atoms with E-state index in [9.17, 15) is 23.5 Å². The molecular weight excluding hydrogens is 318 g/mol. The van der Waals surface area contributed by atoms with Crippen molar-refractivity contribution in [3.05, 3.63) is 35.4 Å². The Morgan fingerprint density at radius 2 is 1.96 bits per heavy atom. The predicted molar refractivity (Wildman–Crippen MR) is 83.9 cm³/mol. The van der Waals surface area contributed by atoms with Crippen molar-refractivity contribution < 1.29 is 23.5 Å². The molecule has 2 atom stereocenters. The van der Waals surface area contributed by atoms with Crippen LogP contribution in [-0.2, 0) is 9.59 Å². The molecule has 1 aliphatic rings. The van der Waals surface area contributed by atoms with Gasteiger partial charge in [0.2, 0.25) is 11.8 Å². The molecule has 1 heterocycles. The normalized spacial score (nSPS) is 18.8. The number of hydrogen-bond donors (Lipinski definition) is 2. The van der Waals surface area contributed by atoms with Crippen LogP contribution < -0.4 is 5.32 Å². The summed E-state index contributed by atoms with van der Waals surface area (Å²) in [5.41, 5.74) is -0.473. The number of nitrogens with zero attached hydrogens (tertiary/aromatic N) is 1. The van der Waals surface area contributed by atoms with Gasteiger partial charge in [-0.25, -0.2) is 8.78 Å². The van der Waals surface area contributed by atoms with Gasteiger partial charge in [-0.15, -0.1) is 0 Å². The molecule has 132 valence electrons. The van der Waals surface area contributed by atoms with Gasteiger partial charge in [0, 0.05) is 19.0 Å². The molecule has 1 aromatic carbocycles. The molecule has 0 saturated carbocycles. The molecule has 1 aromatic rings. The van der Waals surface area contributed by atoms with E-state index in [1.54, 1.807) is 13.8 Å². The molecule has 7 heteroatoms. The van der Waals surface area contributed by atoms with E-state index in [2.05, 4.69) is 5.32 Å². The van der Waals surface area contributed by atoms with E-state index in [0.717, 1.165) is 18.6 Å². The Morgan fingerprint density at radius 3 is 2.54 bits per heavy atom. The highest BCUT2D eigenvalue weighted by molar-refractivity contribution is 5.88. The fraction of sp³-hybridized carbons (Fsp3) is 0.529. The third-order valence-electron chi connectivity index (χ3n) is 4.14. The molecule has 1 aliphatic heterocycles. The van der Waals surface area contributed by atoms with Gasteiger partial charge in [-0.3, -0.25) is 9.59 Å². The van der Waals surface area contributed by atoms with Gasteiger partial charge in [0.25, 0.3) is 0 Å². The van der Waals surface area contributed by atoms with Gasteiger partial charge in [-0.2, -0.15) is 0 Å². The van der Waals surface area contributed by atoms with Gasteiger partial charge in [0.1, 0.15) is 23.8 Å². The molecule has 0 aliphatic carbocycles. The molecule has 2 rings (SSSR count). The molecule has 2 N–H and O–H groups in total. The van der Waals surface area contributed by atoms with Crippen LogP contribution in [0.3, 0.4) is 0 Å². The Kier molecular flexibility index (Phi) is 5.88. The van der Waals surface area contributed by atoms with Crippen molar-refractivity contribution in [2.24, 2.45) is 5.92 Å². The van der Waals surface area contributed by atoms with Crippen molar-refractivity contribution in [3.63, 3.8) is 0 Å². The molecule has 5 nitrogen and oxygen atoms in total. The average molecular weight is 340 g/mol. The van der Waals surface area contributed by atoms with Crippen molar-refractivity contribution >= 4 is 11.8 Å². The van der Waals surface area contributed by atoms with E-state index in [1.807, 2.05) is 0 Å². The van der Waals surface area contributed by atoms with Crippen LogP contribution in [-0.4, -0.2) is 41.0 Å². The maximum atomic E-state index is 13.6. The summed E-state index contributed by atoms with van der Waals surface area (Å²) in [5, 5.41) is 12.4. The second kappa shape index (κ2) is 7.70. The zero-order chi connectivity index (χ0) is 17.9. The number of nitrogens with one attached hydrogen (secondary N) is 1. The molecule has 1 fully saturated rings. The Morgan fingerprint density at radius 1 is 1.33 bits per heavy atom. The van der Waals surface area contributed by atoms with E-state index in [-0.39, 0.29) is 18.4 Å². The molecule has 24 heavy (non-hydrogen) atoms. The second-order valence-corrected chi connectivity index (χ2v) is 6.24. The van der Waals surface area contributed by atoms with Gasteiger partial charge in [-0.1, -0.05) is 19.9 Å². The lowest BCUT2D eigenvalue weighted by atomic mass is 10.1. The zero-order valence-electron chi connectivity index (χ0n) is 13.8. The maximum absolute atomic E-state index is 13.6. The third kappa shape index (κ3) is 3.90. The SMILES string of the molecule is CC(C)C(=O)N1CCCC1C(=O)NCC(O)c1c(F)cccc1F. The molecule has 1 saturated heterocycles. The first-order chi connectivity index (χ1) is 11.3. The topological polar surface area (TPSA) is 69.6 Å². The number of rotatable bonds is 5. The Labute approximate surface area is 139 Å². The highest BCUT2D eigenvalue weighted by Crippen LogP contribution is 2.22. The predicted octanol–water partition coefficient (Wildman–Crippen LogP) is 1.76. The number of amides is 2. The highest BCUT2D eigenvalue weighted by atomic mass is 19.1. The maximum Gasteiger partial charge on any atom is 0.242 e. The van der Waals surface area contributed by atoms with Crippen LogP contribution in [0, 0.1) is 17.6 Å². The highest BCUT2D eigenvalue weighted by Gasteiger charge is 2.35. The minimum absolute atomic E-state index is 0.103. The minimum atomic E-state index is -1.49. The number of carbonyl (C=O) groups is 2. The fourth-order valence-corrected chi connectivity index (χ4v) is 2.88. The Balaban J connectivity index is 1.99. The molecule has 0 spiro atoms. The third-order valence-corrected chi connectivity index (χ3v) is 4.14. The Hall–Kier alpha value is -2.02. The van der Waals surface area contributed by atoms with E-state index in [1.165, 1.54) is 11.0 Å².